The smallest absolute Gasteiger partial charge is 0.235 e. The number of anilines is 2. The van der Waals surface area contributed by atoms with Crippen LogP contribution in [-0.2, 0) is 20.2 Å². The highest BCUT2D eigenvalue weighted by Gasteiger charge is 2.51. The number of hydrogen-bond donors (Lipinski definition) is 2. The molecule has 8 heteroatoms. The molecule has 1 saturated carbocycles. The van der Waals surface area contributed by atoms with Crippen molar-refractivity contribution in [3.63, 3.8) is 0 Å². The van der Waals surface area contributed by atoms with Crippen LogP contribution in [0.4, 0.5) is 11.4 Å². The third-order valence-electron chi connectivity index (χ3n) is 4.67. The van der Waals surface area contributed by atoms with E-state index in [0.29, 0.717) is 22.1 Å². The zero-order chi connectivity index (χ0) is 19.7. The van der Waals surface area contributed by atoms with Crippen molar-refractivity contribution in [2.75, 3.05) is 22.9 Å². The number of methoxy groups -OCH3 is 1. The highest BCUT2D eigenvalue weighted by molar-refractivity contribution is 7.92. The zero-order valence-corrected chi connectivity index (χ0v) is 16.7. The van der Waals surface area contributed by atoms with E-state index in [-0.39, 0.29) is 11.7 Å². The summed E-state index contributed by atoms with van der Waals surface area (Å²) in [5, 5.41) is 3.50. The summed E-state index contributed by atoms with van der Waals surface area (Å²) in [4.78, 5) is 12.9. The highest BCUT2D eigenvalue weighted by Crippen LogP contribution is 2.49. The molecule has 2 aromatic carbocycles. The van der Waals surface area contributed by atoms with Crippen LogP contribution in [0, 0.1) is 0 Å². The van der Waals surface area contributed by atoms with Gasteiger partial charge in [-0.3, -0.25) is 9.52 Å². The van der Waals surface area contributed by atoms with Crippen LogP contribution in [0.15, 0.2) is 42.5 Å². The standard InChI is InChI=1S/C19H21ClN2O4S/c1-3-27(24,25)22-16-8-7-15(12-17(16)26-2)21-18(23)19(9-10-19)13-5-4-6-14(20)11-13/h4-8,11-12,22H,3,9-10H2,1-2H3,(H,21,23). The van der Waals surface area contributed by atoms with E-state index < -0.39 is 15.4 Å². The van der Waals surface area contributed by atoms with Crippen LogP contribution in [0.2, 0.25) is 5.02 Å². The molecule has 1 amide bonds. The summed E-state index contributed by atoms with van der Waals surface area (Å²) in [5.74, 6) is 0.169. The molecule has 0 atom stereocenters. The third-order valence-corrected chi connectivity index (χ3v) is 6.19. The molecule has 0 saturated heterocycles. The van der Waals surface area contributed by atoms with E-state index in [0.717, 1.165) is 18.4 Å². The summed E-state index contributed by atoms with van der Waals surface area (Å²) in [5.41, 5.74) is 1.19. The van der Waals surface area contributed by atoms with E-state index in [9.17, 15) is 13.2 Å². The normalized spacial score (nSPS) is 15.1. The maximum absolute atomic E-state index is 12.9. The molecule has 3 rings (SSSR count). The highest BCUT2D eigenvalue weighted by atomic mass is 35.5. The minimum atomic E-state index is -3.42. The Morgan fingerprint density at radius 3 is 2.56 bits per heavy atom. The molecule has 2 aromatic rings. The number of rotatable bonds is 7. The Balaban J connectivity index is 1.81. The summed E-state index contributed by atoms with van der Waals surface area (Å²) in [6.07, 6.45) is 1.51. The first-order chi connectivity index (χ1) is 12.8. The monoisotopic (exact) mass is 408 g/mol. The van der Waals surface area contributed by atoms with E-state index in [1.54, 1.807) is 31.2 Å². The van der Waals surface area contributed by atoms with Crippen molar-refractivity contribution in [3.8, 4) is 5.75 Å². The van der Waals surface area contributed by atoms with Gasteiger partial charge in [-0.15, -0.1) is 0 Å². The molecule has 27 heavy (non-hydrogen) atoms. The van der Waals surface area contributed by atoms with E-state index in [4.69, 9.17) is 16.3 Å². The first-order valence-corrected chi connectivity index (χ1v) is 10.6. The van der Waals surface area contributed by atoms with Gasteiger partial charge in [-0.1, -0.05) is 23.7 Å². The van der Waals surface area contributed by atoms with Gasteiger partial charge in [0, 0.05) is 16.8 Å². The Labute approximate surface area is 163 Å². The van der Waals surface area contributed by atoms with Gasteiger partial charge >= 0.3 is 0 Å². The van der Waals surface area contributed by atoms with Crippen LogP contribution in [0.5, 0.6) is 5.75 Å². The largest absolute Gasteiger partial charge is 0.494 e. The van der Waals surface area contributed by atoms with Crippen molar-refractivity contribution in [2.45, 2.75) is 25.2 Å². The molecule has 1 fully saturated rings. The number of benzene rings is 2. The van der Waals surface area contributed by atoms with Crippen LogP contribution in [0.3, 0.4) is 0 Å². The number of nitrogens with one attached hydrogen (secondary N) is 2. The van der Waals surface area contributed by atoms with Gasteiger partial charge in [0.05, 0.1) is 24.0 Å². The van der Waals surface area contributed by atoms with Crippen LogP contribution >= 0.6 is 11.6 Å². The molecule has 1 aliphatic carbocycles. The Bertz CT molecular complexity index is 971. The molecular formula is C19H21ClN2O4S. The lowest BCUT2D eigenvalue weighted by molar-refractivity contribution is -0.118. The van der Waals surface area contributed by atoms with Crippen molar-refractivity contribution in [1.29, 1.82) is 0 Å². The maximum atomic E-state index is 12.9. The van der Waals surface area contributed by atoms with Crippen molar-refractivity contribution in [3.05, 3.63) is 53.1 Å². The average Bonchev–Trinajstić information content (AvgIpc) is 3.45. The topological polar surface area (TPSA) is 84.5 Å². The van der Waals surface area contributed by atoms with E-state index in [2.05, 4.69) is 10.0 Å². The lowest BCUT2D eigenvalue weighted by Gasteiger charge is -2.17. The number of halogens is 1. The molecule has 0 heterocycles. The Kier molecular flexibility index (Phi) is 5.35. The van der Waals surface area contributed by atoms with Gasteiger partial charge in [-0.2, -0.15) is 0 Å². The molecule has 144 valence electrons. The predicted molar refractivity (Wildman–Crippen MR) is 107 cm³/mol. The van der Waals surface area contributed by atoms with Crippen molar-refractivity contribution >= 4 is 38.9 Å². The fourth-order valence-electron chi connectivity index (χ4n) is 2.90. The number of amides is 1. The van der Waals surface area contributed by atoms with Crippen LogP contribution in [-0.4, -0.2) is 27.2 Å². The fraction of sp³-hybridized carbons (Fsp3) is 0.316. The van der Waals surface area contributed by atoms with E-state index in [1.807, 2.05) is 18.2 Å². The van der Waals surface area contributed by atoms with Crippen LogP contribution in [0.25, 0.3) is 0 Å². The lowest BCUT2D eigenvalue weighted by atomic mass is 9.95. The van der Waals surface area contributed by atoms with Crippen molar-refractivity contribution in [1.82, 2.24) is 0 Å². The zero-order valence-electron chi connectivity index (χ0n) is 15.1. The Morgan fingerprint density at radius 1 is 1.22 bits per heavy atom. The van der Waals surface area contributed by atoms with Crippen LogP contribution < -0.4 is 14.8 Å². The first kappa shape index (κ1) is 19.5. The molecule has 0 radical (unpaired) electrons. The molecule has 0 aliphatic heterocycles. The quantitative estimate of drug-likeness (QED) is 0.730. The van der Waals surface area contributed by atoms with Gasteiger partial charge in [0.15, 0.2) is 0 Å². The van der Waals surface area contributed by atoms with Gasteiger partial charge in [0.25, 0.3) is 0 Å². The summed E-state index contributed by atoms with van der Waals surface area (Å²) in [6.45, 7) is 1.55. The molecule has 2 N–H and O–H groups in total. The SMILES string of the molecule is CCS(=O)(=O)Nc1ccc(NC(=O)C2(c3cccc(Cl)c3)CC2)cc1OC. The maximum Gasteiger partial charge on any atom is 0.235 e. The molecule has 0 unspecified atom stereocenters. The van der Waals surface area contributed by atoms with Gasteiger partial charge in [-0.25, -0.2) is 8.42 Å². The summed E-state index contributed by atoms with van der Waals surface area (Å²) < 4.78 is 31.3. The Morgan fingerprint density at radius 2 is 1.96 bits per heavy atom. The first-order valence-electron chi connectivity index (χ1n) is 8.56. The second kappa shape index (κ2) is 7.40. The van der Waals surface area contributed by atoms with Gasteiger partial charge in [0.2, 0.25) is 15.9 Å². The summed E-state index contributed by atoms with van der Waals surface area (Å²) >= 11 is 6.06. The number of carbonyl (C=O) groups excluding carboxylic acids is 1. The van der Waals surface area contributed by atoms with Gasteiger partial charge in [0.1, 0.15) is 5.75 Å². The number of hydrogen-bond acceptors (Lipinski definition) is 4. The molecular weight excluding hydrogens is 388 g/mol. The molecule has 0 bridgehead atoms. The molecule has 1 aliphatic rings. The summed E-state index contributed by atoms with van der Waals surface area (Å²) in [7, 11) is -1.98. The minimum absolute atomic E-state index is 0.0448. The fourth-order valence-corrected chi connectivity index (χ4v) is 3.74. The number of ether oxygens (including phenoxy) is 1. The summed E-state index contributed by atoms with van der Waals surface area (Å²) in [6, 6.07) is 12.1. The number of sulfonamides is 1. The van der Waals surface area contributed by atoms with Crippen molar-refractivity contribution < 1.29 is 17.9 Å². The van der Waals surface area contributed by atoms with Crippen molar-refractivity contribution in [2.24, 2.45) is 0 Å². The van der Waals surface area contributed by atoms with Gasteiger partial charge in [-0.05, 0) is 49.6 Å². The minimum Gasteiger partial charge on any atom is -0.494 e. The molecule has 0 spiro atoms. The second-order valence-electron chi connectivity index (χ2n) is 6.47. The average molecular weight is 409 g/mol. The third kappa shape index (κ3) is 4.20. The number of carbonyl (C=O) groups is 1. The van der Waals surface area contributed by atoms with Crippen LogP contribution in [0.1, 0.15) is 25.3 Å². The van der Waals surface area contributed by atoms with E-state index in [1.165, 1.54) is 7.11 Å². The second-order valence-corrected chi connectivity index (χ2v) is 8.91. The van der Waals surface area contributed by atoms with E-state index >= 15 is 0 Å². The Hall–Kier alpha value is -2.25. The molecule has 0 aromatic heterocycles. The predicted octanol–water partition coefficient (Wildman–Crippen LogP) is 3.78. The van der Waals surface area contributed by atoms with Gasteiger partial charge < -0.3 is 10.1 Å². The molecule has 6 nitrogen and oxygen atoms in total. The lowest BCUT2D eigenvalue weighted by Crippen LogP contribution is -2.27.